The molecule has 0 amide bonds. The van der Waals surface area contributed by atoms with Gasteiger partial charge in [-0.2, -0.15) is 5.10 Å². The van der Waals surface area contributed by atoms with E-state index in [1.165, 1.54) is 0 Å². The first-order valence-corrected chi connectivity index (χ1v) is 6.55. The number of aromatic nitrogens is 4. The molecular formula is C11H17N5S. The molecule has 0 aliphatic carbocycles. The molecule has 0 bridgehead atoms. The number of nitrogens with zero attached hydrogens (tertiary/aromatic N) is 4. The van der Waals surface area contributed by atoms with Gasteiger partial charge in [-0.15, -0.1) is 11.3 Å². The first-order chi connectivity index (χ1) is 8.16. The summed E-state index contributed by atoms with van der Waals surface area (Å²) in [5, 5.41) is 10.7. The van der Waals surface area contributed by atoms with Crippen LogP contribution in [0.25, 0.3) is 0 Å². The minimum atomic E-state index is 0.343. The van der Waals surface area contributed by atoms with E-state index in [2.05, 4.69) is 39.6 Å². The Balaban J connectivity index is 1.88. The Morgan fingerprint density at radius 1 is 1.41 bits per heavy atom. The lowest BCUT2D eigenvalue weighted by Gasteiger charge is -2.09. The van der Waals surface area contributed by atoms with Crippen LogP contribution in [0, 0.1) is 6.92 Å². The fourth-order valence-electron chi connectivity index (χ4n) is 1.62. The van der Waals surface area contributed by atoms with Crippen molar-refractivity contribution in [3.8, 4) is 0 Å². The van der Waals surface area contributed by atoms with Crippen LogP contribution < -0.4 is 5.32 Å². The lowest BCUT2D eigenvalue weighted by Crippen LogP contribution is -2.18. The second-order valence-electron chi connectivity index (χ2n) is 4.18. The molecular weight excluding hydrogens is 234 g/mol. The highest BCUT2D eigenvalue weighted by molar-refractivity contribution is 7.09. The van der Waals surface area contributed by atoms with Crippen molar-refractivity contribution in [2.24, 2.45) is 0 Å². The topological polar surface area (TPSA) is 55.6 Å². The van der Waals surface area contributed by atoms with Gasteiger partial charge in [0.25, 0.3) is 0 Å². The lowest BCUT2D eigenvalue weighted by molar-refractivity contribution is 0.489. The Morgan fingerprint density at radius 3 is 2.88 bits per heavy atom. The zero-order chi connectivity index (χ0) is 12.3. The van der Waals surface area contributed by atoms with E-state index in [4.69, 9.17) is 0 Å². The molecule has 0 aliphatic heterocycles. The van der Waals surface area contributed by atoms with E-state index in [-0.39, 0.29) is 0 Å². The van der Waals surface area contributed by atoms with Crippen LogP contribution in [0.2, 0.25) is 0 Å². The van der Waals surface area contributed by atoms with Crippen LogP contribution in [0.5, 0.6) is 0 Å². The van der Waals surface area contributed by atoms with Crippen LogP contribution in [0.15, 0.2) is 11.7 Å². The second-order valence-corrected chi connectivity index (χ2v) is 5.24. The molecule has 1 N–H and O–H groups in total. The minimum Gasteiger partial charge on any atom is -0.304 e. The monoisotopic (exact) mass is 251 g/mol. The van der Waals surface area contributed by atoms with Crippen molar-refractivity contribution in [1.29, 1.82) is 0 Å². The van der Waals surface area contributed by atoms with Gasteiger partial charge in [0.1, 0.15) is 12.2 Å². The van der Waals surface area contributed by atoms with Gasteiger partial charge in [-0.3, -0.25) is 0 Å². The van der Waals surface area contributed by atoms with Gasteiger partial charge in [0, 0.05) is 18.0 Å². The van der Waals surface area contributed by atoms with Gasteiger partial charge in [-0.05, 0) is 20.8 Å². The standard InChI is InChI=1S/C11H17N5S/c1-8(2)16-11(13-7-14-16)5-12-4-10-6-17-9(3)15-10/h6-8,12H,4-5H2,1-3H3. The van der Waals surface area contributed by atoms with Gasteiger partial charge in [0.2, 0.25) is 0 Å². The molecule has 0 unspecified atom stereocenters. The molecule has 0 aliphatic rings. The quantitative estimate of drug-likeness (QED) is 0.882. The van der Waals surface area contributed by atoms with Crippen molar-refractivity contribution in [1.82, 2.24) is 25.1 Å². The predicted molar refractivity (Wildman–Crippen MR) is 67.8 cm³/mol. The highest BCUT2D eigenvalue weighted by Crippen LogP contribution is 2.08. The summed E-state index contributed by atoms with van der Waals surface area (Å²) in [6.07, 6.45) is 1.60. The first kappa shape index (κ1) is 12.2. The Kier molecular flexibility index (Phi) is 3.86. The summed E-state index contributed by atoms with van der Waals surface area (Å²) in [5.41, 5.74) is 1.09. The first-order valence-electron chi connectivity index (χ1n) is 5.67. The summed E-state index contributed by atoms with van der Waals surface area (Å²) in [6.45, 7) is 7.71. The summed E-state index contributed by atoms with van der Waals surface area (Å²) in [4.78, 5) is 8.65. The molecule has 0 aromatic carbocycles. The van der Waals surface area contributed by atoms with Crippen LogP contribution in [0.4, 0.5) is 0 Å². The molecule has 2 heterocycles. The second kappa shape index (κ2) is 5.37. The number of nitrogens with one attached hydrogen (secondary N) is 1. The Bertz CT molecular complexity index is 474. The summed E-state index contributed by atoms with van der Waals surface area (Å²) in [6, 6.07) is 0.343. The molecule has 2 aromatic rings. The summed E-state index contributed by atoms with van der Waals surface area (Å²) < 4.78 is 1.93. The van der Waals surface area contributed by atoms with Crippen LogP contribution in [-0.4, -0.2) is 19.7 Å². The lowest BCUT2D eigenvalue weighted by atomic mass is 10.4. The fraction of sp³-hybridized carbons (Fsp3) is 0.545. The summed E-state index contributed by atoms with van der Waals surface area (Å²) >= 11 is 1.68. The van der Waals surface area contributed by atoms with Gasteiger partial charge >= 0.3 is 0 Å². The molecule has 0 radical (unpaired) electrons. The molecule has 92 valence electrons. The Hall–Kier alpha value is -1.27. The van der Waals surface area contributed by atoms with Gasteiger partial charge in [0.05, 0.1) is 17.2 Å². The third-order valence-electron chi connectivity index (χ3n) is 2.39. The number of aryl methyl sites for hydroxylation is 1. The van der Waals surface area contributed by atoms with E-state index < -0.39 is 0 Å². The molecule has 0 atom stereocenters. The molecule has 2 aromatic heterocycles. The van der Waals surface area contributed by atoms with E-state index in [1.807, 2.05) is 11.6 Å². The highest BCUT2D eigenvalue weighted by atomic mass is 32.1. The molecule has 6 heteroatoms. The molecule has 2 rings (SSSR count). The third kappa shape index (κ3) is 3.10. The third-order valence-corrected chi connectivity index (χ3v) is 3.21. The van der Waals surface area contributed by atoms with E-state index >= 15 is 0 Å². The van der Waals surface area contributed by atoms with Crippen LogP contribution in [0.1, 0.15) is 36.4 Å². The molecule has 5 nitrogen and oxygen atoms in total. The zero-order valence-electron chi connectivity index (χ0n) is 10.3. The Morgan fingerprint density at radius 2 is 2.24 bits per heavy atom. The van der Waals surface area contributed by atoms with E-state index in [0.29, 0.717) is 6.04 Å². The SMILES string of the molecule is Cc1nc(CNCc2ncnn2C(C)C)cs1. The average Bonchev–Trinajstić information content (AvgIpc) is 2.87. The van der Waals surface area contributed by atoms with E-state index in [9.17, 15) is 0 Å². The fourth-order valence-corrected chi connectivity index (χ4v) is 2.24. The van der Waals surface area contributed by atoms with Gasteiger partial charge in [0.15, 0.2) is 0 Å². The zero-order valence-corrected chi connectivity index (χ0v) is 11.2. The van der Waals surface area contributed by atoms with Crippen molar-refractivity contribution >= 4 is 11.3 Å². The number of hydrogen-bond acceptors (Lipinski definition) is 5. The maximum Gasteiger partial charge on any atom is 0.141 e. The van der Waals surface area contributed by atoms with E-state index in [1.54, 1.807) is 17.7 Å². The molecule has 0 saturated heterocycles. The maximum atomic E-state index is 4.40. The molecule has 0 saturated carbocycles. The van der Waals surface area contributed by atoms with Gasteiger partial charge in [-0.25, -0.2) is 14.6 Å². The van der Waals surface area contributed by atoms with Crippen LogP contribution in [-0.2, 0) is 13.1 Å². The average molecular weight is 251 g/mol. The maximum absolute atomic E-state index is 4.40. The van der Waals surface area contributed by atoms with Gasteiger partial charge < -0.3 is 5.32 Å². The minimum absolute atomic E-state index is 0.343. The number of hydrogen-bond donors (Lipinski definition) is 1. The Labute approximate surface area is 105 Å². The van der Waals surface area contributed by atoms with Crippen molar-refractivity contribution in [2.75, 3.05) is 0 Å². The smallest absolute Gasteiger partial charge is 0.141 e. The summed E-state index contributed by atoms with van der Waals surface area (Å²) in [7, 11) is 0. The van der Waals surface area contributed by atoms with E-state index in [0.717, 1.165) is 29.6 Å². The number of rotatable bonds is 5. The molecule has 0 spiro atoms. The van der Waals surface area contributed by atoms with Crippen molar-refractivity contribution in [3.05, 3.63) is 28.2 Å². The molecule has 17 heavy (non-hydrogen) atoms. The number of thiazole rings is 1. The van der Waals surface area contributed by atoms with Crippen LogP contribution >= 0.6 is 11.3 Å². The van der Waals surface area contributed by atoms with Crippen molar-refractivity contribution < 1.29 is 0 Å². The van der Waals surface area contributed by atoms with Crippen molar-refractivity contribution in [2.45, 2.75) is 39.9 Å². The highest BCUT2D eigenvalue weighted by Gasteiger charge is 2.07. The van der Waals surface area contributed by atoms with Crippen molar-refractivity contribution in [3.63, 3.8) is 0 Å². The normalized spacial score (nSPS) is 11.3. The largest absolute Gasteiger partial charge is 0.304 e. The molecule has 0 fully saturated rings. The summed E-state index contributed by atoms with van der Waals surface area (Å²) in [5.74, 6) is 0.965. The van der Waals surface area contributed by atoms with Crippen LogP contribution in [0.3, 0.4) is 0 Å². The predicted octanol–water partition coefficient (Wildman–Crippen LogP) is 1.91. The van der Waals surface area contributed by atoms with Gasteiger partial charge in [-0.1, -0.05) is 0 Å².